The fraction of sp³-hybridized carbons (Fsp3) is 0.188. The van der Waals surface area contributed by atoms with Crippen LogP contribution in [0.2, 0.25) is 0 Å². The molecule has 1 aliphatic heterocycles. The van der Waals surface area contributed by atoms with E-state index in [1.54, 1.807) is 18.0 Å². The van der Waals surface area contributed by atoms with E-state index in [9.17, 15) is 9.18 Å². The minimum atomic E-state index is -0.260. The topological polar surface area (TPSA) is 20.3 Å². The predicted molar refractivity (Wildman–Crippen MR) is 72.7 cm³/mol. The summed E-state index contributed by atoms with van der Waals surface area (Å²) in [6, 6.07) is 14.2. The summed E-state index contributed by atoms with van der Waals surface area (Å²) in [5, 5.41) is 0. The minimum Gasteiger partial charge on any atom is -0.315 e. The van der Waals surface area contributed by atoms with E-state index in [0.29, 0.717) is 6.42 Å². The number of carbonyl (C=O) groups excluding carboxylic acids is 1. The Kier molecular flexibility index (Phi) is 2.82. The van der Waals surface area contributed by atoms with Gasteiger partial charge in [-0.05, 0) is 35.7 Å². The number of amides is 1. The summed E-state index contributed by atoms with van der Waals surface area (Å²) in [6.07, 6.45) is 0.540. The zero-order valence-corrected chi connectivity index (χ0v) is 10.6. The van der Waals surface area contributed by atoms with Crippen LogP contribution in [0.3, 0.4) is 0 Å². The van der Waals surface area contributed by atoms with Gasteiger partial charge in [0.2, 0.25) is 5.91 Å². The summed E-state index contributed by atoms with van der Waals surface area (Å²) in [4.78, 5) is 14.0. The Morgan fingerprint density at radius 2 is 1.95 bits per heavy atom. The van der Waals surface area contributed by atoms with Crippen LogP contribution in [-0.2, 0) is 11.2 Å². The van der Waals surface area contributed by atoms with Crippen molar-refractivity contribution in [1.29, 1.82) is 0 Å². The average Bonchev–Trinajstić information content (AvgIpc) is 2.65. The molecule has 0 radical (unpaired) electrons. The van der Waals surface area contributed by atoms with Crippen molar-refractivity contribution >= 4 is 11.6 Å². The van der Waals surface area contributed by atoms with Crippen LogP contribution in [-0.4, -0.2) is 13.0 Å². The summed E-state index contributed by atoms with van der Waals surface area (Å²) in [6.45, 7) is 0. The second kappa shape index (κ2) is 4.50. The van der Waals surface area contributed by atoms with Gasteiger partial charge in [0.05, 0.1) is 5.92 Å². The van der Waals surface area contributed by atoms with E-state index >= 15 is 0 Å². The van der Waals surface area contributed by atoms with Gasteiger partial charge < -0.3 is 4.90 Å². The number of fused-ring (bicyclic) bond motifs is 1. The molecule has 3 heteroatoms. The quantitative estimate of drug-likeness (QED) is 0.807. The van der Waals surface area contributed by atoms with Gasteiger partial charge in [-0.25, -0.2) is 4.39 Å². The normalized spacial score (nSPS) is 17.7. The number of nitrogens with zero attached hydrogens (tertiary/aromatic N) is 1. The zero-order chi connectivity index (χ0) is 13.4. The van der Waals surface area contributed by atoms with Gasteiger partial charge in [-0.1, -0.05) is 30.3 Å². The number of anilines is 1. The van der Waals surface area contributed by atoms with Gasteiger partial charge in [0.1, 0.15) is 5.82 Å². The first-order chi connectivity index (χ1) is 9.16. The van der Waals surface area contributed by atoms with Gasteiger partial charge in [-0.2, -0.15) is 0 Å². The Morgan fingerprint density at radius 3 is 2.74 bits per heavy atom. The highest BCUT2D eigenvalue weighted by molar-refractivity contribution is 6.04. The smallest absolute Gasteiger partial charge is 0.234 e. The average molecular weight is 255 g/mol. The maximum Gasteiger partial charge on any atom is 0.234 e. The largest absolute Gasteiger partial charge is 0.315 e. The SMILES string of the molecule is CN1C(=O)[C@H](Cc2cccc(F)c2)c2ccccc21. The van der Waals surface area contributed by atoms with E-state index in [-0.39, 0.29) is 17.6 Å². The molecule has 19 heavy (non-hydrogen) atoms. The predicted octanol–water partition coefficient (Wildman–Crippen LogP) is 3.13. The van der Waals surface area contributed by atoms with E-state index in [1.807, 2.05) is 30.3 Å². The van der Waals surface area contributed by atoms with E-state index in [1.165, 1.54) is 12.1 Å². The Morgan fingerprint density at radius 1 is 1.16 bits per heavy atom. The van der Waals surface area contributed by atoms with Crippen LogP contribution in [0.15, 0.2) is 48.5 Å². The van der Waals surface area contributed by atoms with E-state index in [0.717, 1.165) is 16.8 Å². The first-order valence-electron chi connectivity index (χ1n) is 6.28. The molecule has 1 aliphatic rings. The molecule has 3 rings (SSSR count). The molecular formula is C16H14FNO. The summed E-state index contributed by atoms with van der Waals surface area (Å²) < 4.78 is 13.2. The molecule has 0 saturated carbocycles. The van der Waals surface area contributed by atoms with Gasteiger partial charge in [0.15, 0.2) is 0 Å². The highest BCUT2D eigenvalue weighted by Gasteiger charge is 2.34. The summed E-state index contributed by atoms with van der Waals surface area (Å²) in [5.74, 6) is -0.391. The molecule has 0 fully saturated rings. The number of carbonyl (C=O) groups is 1. The van der Waals surface area contributed by atoms with Gasteiger partial charge in [0, 0.05) is 12.7 Å². The number of para-hydroxylation sites is 1. The van der Waals surface area contributed by atoms with Crippen molar-refractivity contribution in [2.45, 2.75) is 12.3 Å². The Balaban J connectivity index is 1.95. The first-order valence-corrected chi connectivity index (χ1v) is 6.28. The molecule has 2 aromatic carbocycles. The molecule has 2 aromatic rings. The second-order valence-electron chi connectivity index (χ2n) is 4.84. The maximum absolute atomic E-state index is 13.2. The number of halogens is 1. The molecular weight excluding hydrogens is 241 g/mol. The highest BCUT2D eigenvalue weighted by atomic mass is 19.1. The van der Waals surface area contributed by atoms with Crippen LogP contribution < -0.4 is 4.90 Å². The Bertz CT molecular complexity index is 638. The molecule has 2 nitrogen and oxygen atoms in total. The van der Waals surface area contributed by atoms with Crippen molar-refractivity contribution in [1.82, 2.24) is 0 Å². The number of likely N-dealkylation sites (N-methyl/N-ethyl adjacent to an activating group) is 1. The van der Waals surface area contributed by atoms with E-state index < -0.39 is 0 Å². The number of benzene rings is 2. The van der Waals surface area contributed by atoms with Crippen molar-refractivity contribution < 1.29 is 9.18 Å². The van der Waals surface area contributed by atoms with Crippen LogP contribution in [0.4, 0.5) is 10.1 Å². The molecule has 1 amide bonds. The highest BCUT2D eigenvalue weighted by Crippen LogP contribution is 2.37. The minimum absolute atomic E-state index is 0.0745. The molecule has 0 aliphatic carbocycles. The van der Waals surface area contributed by atoms with Gasteiger partial charge in [-0.3, -0.25) is 4.79 Å². The molecule has 0 spiro atoms. The fourth-order valence-electron chi connectivity index (χ4n) is 2.67. The lowest BCUT2D eigenvalue weighted by Crippen LogP contribution is -2.24. The van der Waals surface area contributed by atoms with Gasteiger partial charge in [0.25, 0.3) is 0 Å². The van der Waals surface area contributed by atoms with Crippen molar-refractivity contribution in [2.24, 2.45) is 0 Å². The van der Waals surface area contributed by atoms with Crippen LogP contribution in [0.5, 0.6) is 0 Å². The van der Waals surface area contributed by atoms with Gasteiger partial charge in [-0.15, -0.1) is 0 Å². The van der Waals surface area contributed by atoms with Crippen LogP contribution in [0, 0.1) is 5.82 Å². The molecule has 0 unspecified atom stereocenters. The molecule has 0 N–H and O–H groups in total. The Hall–Kier alpha value is -2.16. The third-order valence-corrected chi connectivity index (χ3v) is 3.63. The molecule has 1 atom stereocenters. The third kappa shape index (κ3) is 2.01. The van der Waals surface area contributed by atoms with E-state index in [4.69, 9.17) is 0 Å². The molecule has 1 heterocycles. The van der Waals surface area contributed by atoms with Crippen molar-refractivity contribution in [3.63, 3.8) is 0 Å². The number of rotatable bonds is 2. The molecule has 0 bridgehead atoms. The molecule has 96 valence electrons. The lowest BCUT2D eigenvalue weighted by molar-refractivity contribution is -0.119. The lowest BCUT2D eigenvalue weighted by atomic mass is 9.93. The lowest BCUT2D eigenvalue weighted by Gasteiger charge is -2.11. The van der Waals surface area contributed by atoms with Crippen molar-refractivity contribution in [2.75, 3.05) is 11.9 Å². The van der Waals surface area contributed by atoms with E-state index in [2.05, 4.69) is 0 Å². The second-order valence-corrected chi connectivity index (χ2v) is 4.84. The standard InChI is InChI=1S/C16H14FNO/c1-18-15-8-3-2-7-13(15)14(16(18)19)10-11-5-4-6-12(17)9-11/h2-9,14H,10H2,1H3/t14-/m1/s1. The summed E-state index contributed by atoms with van der Waals surface area (Å²) in [7, 11) is 1.78. The number of hydrogen-bond donors (Lipinski definition) is 0. The van der Waals surface area contributed by atoms with Crippen LogP contribution >= 0.6 is 0 Å². The maximum atomic E-state index is 13.2. The van der Waals surface area contributed by atoms with Gasteiger partial charge >= 0.3 is 0 Å². The third-order valence-electron chi connectivity index (χ3n) is 3.63. The van der Waals surface area contributed by atoms with Crippen LogP contribution in [0.25, 0.3) is 0 Å². The van der Waals surface area contributed by atoms with Crippen molar-refractivity contribution in [3.8, 4) is 0 Å². The fourth-order valence-corrected chi connectivity index (χ4v) is 2.67. The molecule has 0 aromatic heterocycles. The Labute approximate surface area is 111 Å². The van der Waals surface area contributed by atoms with Crippen molar-refractivity contribution in [3.05, 3.63) is 65.5 Å². The van der Waals surface area contributed by atoms with Crippen LogP contribution in [0.1, 0.15) is 17.0 Å². The summed E-state index contributed by atoms with van der Waals surface area (Å²) in [5.41, 5.74) is 2.83. The molecule has 0 saturated heterocycles. The first kappa shape index (κ1) is 11.9. The monoisotopic (exact) mass is 255 g/mol. The number of hydrogen-bond acceptors (Lipinski definition) is 1. The summed E-state index contributed by atoms with van der Waals surface area (Å²) >= 11 is 0. The zero-order valence-electron chi connectivity index (χ0n) is 10.6.